The first kappa shape index (κ1) is 14.3. The first-order valence-corrected chi connectivity index (χ1v) is 6.72. The molecule has 0 radical (unpaired) electrons. The van der Waals surface area contributed by atoms with E-state index in [1.807, 2.05) is 12.1 Å². The van der Waals surface area contributed by atoms with E-state index < -0.39 is 0 Å². The Kier molecular flexibility index (Phi) is 4.89. The summed E-state index contributed by atoms with van der Waals surface area (Å²) in [7, 11) is 0. The van der Waals surface area contributed by atoms with Crippen molar-refractivity contribution in [2.75, 3.05) is 0 Å². The third kappa shape index (κ3) is 3.92. The highest BCUT2D eigenvalue weighted by Crippen LogP contribution is 2.30. The van der Waals surface area contributed by atoms with Gasteiger partial charge in [0.1, 0.15) is 11.6 Å². The largest absolute Gasteiger partial charge is 0.426 e. The van der Waals surface area contributed by atoms with Crippen molar-refractivity contribution in [2.24, 2.45) is 11.8 Å². The summed E-state index contributed by atoms with van der Waals surface area (Å²) in [6, 6.07) is 7.43. The third-order valence-electron chi connectivity index (χ3n) is 3.58. The van der Waals surface area contributed by atoms with E-state index in [-0.39, 0.29) is 17.7 Å². The second-order valence-electron chi connectivity index (χ2n) is 4.97. The minimum atomic E-state index is -0.352. The minimum absolute atomic E-state index is 0.105. The zero-order valence-electron chi connectivity index (χ0n) is 11.1. The van der Waals surface area contributed by atoms with Gasteiger partial charge in [0, 0.05) is 6.08 Å². The molecule has 0 atom stereocenters. The van der Waals surface area contributed by atoms with Crippen LogP contribution in [0.15, 0.2) is 36.4 Å². The number of ether oxygens (including phenoxy) is 1. The number of rotatable bonds is 3. The van der Waals surface area contributed by atoms with E-state index in [9.17, 15) is 9.18 Å². The molecule has 0 unspecified atom stereocenters. The van der Waals surface area contributed by atoms with Crippen molar-refractivity contribution >= 4 is 5.97 Å². The van der Waals surface area contributed by atoms with Crippen molar-refractivity contribution in [1.29, 1.82) is 5.26 Å². The lowest BCUT2D eigenvalue weighted by Crippen LogP contribution is -2.25. The molecule has 1 aliphatic rings. The quantitative estimate of drug-likeness (QED) is 0.480. The van der Waals surface area contributed by atoms with Crippen LogP contribution in [0.1, 0.15) is 25.7 Å². The fraction of sp³-hybridized carbons (Fsp3) is 0.375. The molecule has 2 rings (SSSR count). The fourth-order valence-electron chi connectivity index (χ4n) is 2.43. The Bertz CT molecular complexity index is 522. The lowest BCUT2D eigenvalue weighted by atomic mass is 9.82. The lowest BCUT2D eigenvalue weighted by molar-refractivity contribution is -0.140. The summed E-state index contributed by atoms with van der Waals surface area (Å²) in [6.45, 7) is 0. The molecule has 4 heteroatoms. The second kappa shape index (κ2) is 6.85. The Labute approximate surface area is 117 Å². The van der Waals surface area contributed by atoms with Gasteiger partial charge in [-0.05, 0) is 55.9 Å². The van der Waals surface area contributed by atoms with Gasteiger partial charge in [0.25, 0.3) is 0 Å². The number of carbonyl (C=O) groups is 1. The van der Waals surface area contributed by atoms with Crippen LogP contribution < -0.4 is 4.74 Å². The predicted octanol–water partition coefficient (Wildman–Crippen LogP) is 3.62. The van der Waals surface area contributed by atoms with E-state index in [0.29, 0.717) is 11.7 Å². The normalized spacial score (nSPS) is 22.4. The average Bonchev–Trinajstić information content (AvgIpc) is 2.48. The second-order valence-corrected chi connectivity index (χ2v) is 4.97. The third-order valence-corrected chi connectivity index (χ3v) is 3.58. The summed E-state index contributed by atoms with van der Waals surface area (Å²) in [5.74, 6) is 0.0492. The van der Waals surface area contributed by atoms with Gasteiger partial charge in [-0.3, -0.25) is 4.79 Å². The van der Waals surface area contributed by atoms with Crippen LogP contribution in [0.25, 0.3) is 0 Å². The zero-order chi connectivity index (χ0) is 14.4. The average molecular weight is 273 g/mol. The molecule has 0 aromatic heterocycles. The number of carbonyl (C=O) groups excluding carboxylic acids is 1. The van der Waals surface area contributed by atoms with Crippen LogP contribution in [0.4, 0.5) is 4.39 Å². The van der Waals surface area contributed by atoms with Gasteiger partial charge >= 0.3 is 5.97 Å². The van der Waals surface area contributed by atoms with E-state index in [1.54, 1.807) is 0 Å². The Morgan fingerprint density at radius 3 is 2.50 bits per heavy atom. The standard InChI is InChI=1S/C16H16FNO2/c17-14-7-9-15(10-8-14)20-16(19)13-5-3-12(4-6-13)2-1-11-18/h1-2,7-10,12-13H,3-6H2/t12-,13-. The van der Waals surface area contributed by atoms with Gasteiger partial charge in [-0.15, -0.1) is 0 Å². The molecule has 0 heterocycles. The van der Waals surface area contributed by atoms with Crippen molar-refractivity contribution in [2.45, 2.75) is 25.7 Å². The van der Waals surface area contributed by atoms with Crippen LogP contribution in [0.3, 0.4) is 0 Å². The molecule has 1 fully saturated rings. The van der Waals surface area contributed by atoms with Crippen LogP contribution in [-0.4, -0.2) is 5.97 Å². The summed E-state index contributed by atoms with van der Waals surface area (Å²) in [6.07, 6.45) is 6.72. The van der Waals surface area contributed by atoms with Gasteiger partial charge in [-0.25, -0.2) is 4.39 Å². The first-order valence-electron chi connectivity index (χ1n) is 6.72. The molecule has 0 amide bonds. The zero-order valence-corrected chi connectivity index (χ0v) is 11.1. The molecular formula is C16H16FNO2. The van der Waals surface area contributed by atoms with Crippen LogP contribution >= 0.6 is 0 Å². The van der Waals surface area contributed by atoms with Gasteiger partial charge < -0.3 is 4.74 Å². The Hall–Kier alpha value is -2.15. The summed E-state index contributed by atoms with van der Waals surface area (Å²) in [5, 5.41) is 8.48. The van der Waals surface area contributed by atoms with Gasteiger partial charge in [0.15, 0.2) is 0 Å². The molecule has 0 spiro atoms. The molecule has 1 aliphatic carbocycles. The Morgan fingerprint density at radius 1 is 1.25 bits per heavy atom. The summed E-state index contributed by atoms with van der Waals surface area (Å²) < 4.78 is 18.0. The maximum Gasteiger partial charge on any atom is 0.314 e. The number of allylic oxidation sites excluding steroid dienone is 2. The number of esters is 1. The van der Waals surface area contributed by atoms with Gasteiger partial charge in [0.05, 0.1) is 12.0 Å². The monoisotopic (exact) mass is 273 g/mol. The van der Waals surface area contributed by atoms with Crippen molar-refractivity contribution < 1.29 is 13.9 Å². The van der Waals surface area contributed by atoms with Gasteiger partial charge in [-0.2, -0.15) is 5.26 Å². The van der Waals surface area contributed by atoms with E-state index in [0.717, 1.165) is 25.7 Å². The number of hydrogen-bond acceptors (Lipinski definition) is 3. The number of nitrogens with zero attached hydrogens (tertiary/aromatic N) is 1. The van der Waals surface area contributed by atoms with Crippen molar-refractivity contribution in [1.82, 2.24) is 0 Å². The summed E-state index contributed by atoms with van der Waals surface area (Å²) >= 11 is 0. The first-order chi connectivity index (χ1) is 9.69. The molecule has 0 N–H and O–H groups in total. The van der Waals surface area contributed by atoms with Crippen molar-refractivity contribution in [3.05, 3.63) is 42.2 Å². The topological polar surface area (TPSA) is 50.1 Å². The number of benzene rings is 1. The summed E-state index contributed by atoms with van der Waals surface area (Å²) in [4.78, 5) is 12.0. The fourth-order valence-corrected chi connectivity index (χ4v) is 2.43. The predicted molar refractivity (Wildman–Crippen MR) is 72.2 cm³/mol. The van der Waals surface area contributed by atoms with Crippen LogP contribution in [0.2, 0.25) is 0 Å². The molecule has 20 heavy (non-hydrogen) atoms. The van der Waals surface area contributed by atoms with E-state index >= 15 is 0 Å². The van der Waals surface area contributed by atoms with Crippen molar-refractivity contribution in [3.8, 4) is 11.8 Å². The smallest absolute Gasteiger partial charge is 0.314 e. The Balaban J connectivity index is 1.84. The highest BCUT2D eigenvalue weighted by atomic mass is 19.1. The molecule has 1 aromatic carbocycles. The van der Waals surface area contributed by atoms with Crippen LogP contribution in [-0.2, 0) is 4.79 Å². The lowest BCUT2D eigenvalue weighted by Gasteiger charge is -2.25. The SMILES string of the molecule is N#CC=C[C@H]1CC[C@H](C(=O)Oc2ccc(F)cc2)CC1. The molecule has 0 aliphatic heterocycles. The number of nitriles is 1. The molecule has 0 saturated heterocycles. The van der Waals surface area contributed by atoms with E-state index in [2.05, 4.69) is 0 Å². The van der Waals surface area contributed by atoms with Gasteiger partial charge in [0.2, 0.25) is 0 Å². The maximum absolute atomic E-state index is 12.8. The summed E-state index contributed by atoms with van der Waals surface area (Å²) in [5.41, 5.74) is 0. The number of hydrogen-bond donors (Lipinski definition) is 0. The van der Waals surface area contributed by atoms with E-state index in [1.165, 1.54) is 30.3 Å². The highest BCUT2D eigenvalue weighted by Gasteiger charge is 2.26. The minimum Gasteiger partial charge on any atom is -0.426 e. The van der Waals surface area contributed by atoms with E-state index in [4.69, 9.17) is 10.00 Å². The number of halogens is 1. The highest BCUT2D eigenvalue weighted by molar-refractivity contribution is 5.75. The molecule has 1 saturated carbocycles. The molecule has 104 valence electrons. The van der Waals surface area contributed by atoms with Crippen molar-refractivity contribution in [3.63, 3.8) is 0 Å². The molecule has 0 bridgehead atoms. The van der Waals surface area contributed by atoms with Crippen LogP contribution in [0, 0.1) is 29.0 Å². The molecular weight excluding hydrogens is 257 g/mol. The van der Waals surface area contributed by atoms with Crippen LogP contribution in [0.5, 0.6) is 5.75 Å². The molecule has 3 nitrogen and oxygen atoms in total. The Morgan fingerprint density at radius 2 is 1.90 bits per heavy atom. The van der Waals surface area contributed by atoms with Gasteiger partial charge in [-0.1, -0.05) is 6.08 Å². The maximum atomic E-state index is 12.8. The molecule has 1 aromatic rings.